The largest absolute Gasteiger partial charge is 0.383 e. The van der Waals surface area contributed by atoms with Gasteiger partial charge in [-0.1, -0.05) is 0 Å². The fraction of sp³-hybridized carbons (Fsp3) is 0.400. The van der Waals surface area contributed by atoms with Crippen molar-refractivity contribution in [1.82, 2.24) is 4.90 Å². The highest BCUT2D eigenvalue weighted by Gasteiger charge is 1.93. The summed E-state index contributed by atoms with van der Waals surface area (Å²) in [5.74, 6) is -0.774. The van der Waals surface area contributed by atoms with E-state index in [9.17, 15) is 9.70 Å². The fourth-order valence-corrected chi connectivity index (χ4v) is 0.277. The first kappa shape index (κ1) is 8.61. The topological polar surface area (TPSA) is 59.0 Å². The van der Waals surface area contributed by atoms with Crippen LogP contribution >= 0.6 is 0 Å². The number of carbonyl (C=O) groups excluding carboxylic acids is 1. The second kappa shape index (κ2) is 4.49. The summed E-state index contributed by atoms with van der Waals surface area (Å²) in [6.07, 6.45) is 2.55. The van der Waals surface area contributed by atoms with Crippen molar-refractivity contribution in [1.29, 1.82) is 0 Å². The summed E-state index contributed by atoms with van der Waals surface area (Å²) >= 11 is 0. The molecule has 0 rings (SSSR count). The van der Waals surface area contributed by atoms with Gasteiger partial charge in [-0.2, -0.15) is 0 Å². The lowest BCUT2D eigenvalue weighted by atomic mass is 10.6. The predicted molar refractivity (Wildman–Crippen MR) is 34.7 cm³/mol. The third-order valence-corrected chi connectivity index (χ3v) is 0.636. The van der Waals surface area contributed by atoms with Crippen LogP contribution in [-0.4, -0.2) is 25.0 Å². The molecule has 0 atom stereocenters. The Morgan fingerprint density at radius 3 is 2.60 bits per heavy atom. The molecule has 0 aromatic rings. The second-order valence-corrected chi connectivity index (χ2v) is 1.76. The Bertz CT molecular complexity index is 153. The van der Waals surface area contributed by atoms with E-state index in [1.54, 1.807) is 19.0 Å². The lowest BCUT2D eigenvalue weighted by Crippen LogP contribution is -2.03. The van der Waals surface area contributed by atoms with E-state index < -0.39 is 5.97 Å². The molecule has 0 aliphatic rings. The molecular formula is C5H8N2O3. The number of nitrogens with zero attached hydrogens (tertiary/aromatic N) is 2. The average Bonchev–Trinajstić information content (AvgIpc) is 1.85. The number of hydrogen-bond donors (Lipinski definition) is 0. The van der Waals surface area contributed by atoms with Crippen molar-refractivity contribution in [3.63, 3.8) is 0 Å². The van der Waals surface area contributed by atoms with E-state index in [1.165, 1.54) is 6.20 Å². The highest BCUT2D eigenvalue weighted by atomic mass is 16.7. The van der Waals surface area contributed by atoms with Crippen LogP contribution < -0.4 is 0 Å². The Kier molecular flexibility index (Phi) is 3.86. The third kappa shape index (κ3) is 4.76. The maximum atomic E-state index is 10.3. The maximum Gasteiger partial charge on any atom is 0.363 e. The summed E-state index contributed by atoms with van der Waals surface area (Å²) < 4.78 is 0. The van der Waals surface area contributed by atoms with Crippen LogP contribution in [0.25, 0.3) is 0 Å². The van der Waals surface area contributed by atoms with Gasteiger partial charge < -0.3 is 4.90 Å². The minimum Gasteiger partial charge on any atom is -0.383 e. The maximum absolute atomic E-state index is 10.3. The Hall–Kier alpha value is -1.39. The van der Waals surface area contributed by atoms with Crippen LogP contribution in [0.4, 0.5) is 0 Å². The van der Waals surface area contributed by atoms with Gasteiger partial charge in [0, 0.05) is 26.4 Å². The van der Waals surface area contributed by atoms with Gasteiger partial charge in [-0.15, -0.1) is 4.91 Å². The van der Waals surface area contributed by atoms with Gasteiger partial charge in [-0.05, 0) is 0 Å². The van der Waals surface area contributed by atoms with Gasteiger partial charge in [0.15, 0.2) is 5.34 Å². The van der Waals surface area contributed by atoms with Crippen LogP contribution in [0.1, 0.15) is 0 Å². The smallest absolute Gasteiger partial charge is 0.363 e. The summed E-state index contributed by atoms with van der Waals surface area (Å²) in [4.78, 5) is 25.0. The molecule has 0 aliphatic heterocycles. The van der Waals surface area contributed by atoms with Crippen molar-refractivity contribution < 1.29 is 9.63 Å². The predicted octanol–water partition coefficient (Wildman–Crippen LogP) is 0.286. The Balaban J connectivity index is 3.66. The highest BCUT2D eigenvalue weighted by molar-refractivity contribution is 5.81. The van der Waals surface area contributed by atoms with E-state index in [1.807, 2.05) is 5.34 Å². The van der Waals surface area contributed by atoms with Crippen molar-refractivity contribution in [2.45, 2.75) is 0 Å². The zero-order chi connectivity index (χ0) is 7.98. The van der Waals surface area contributed by atoms with Gasteiger partial charge in [0.1, 0.15) is 0 Å². The van der Waals surface area contributed by atoms with E-state index >= 15 is 0 Å². The first-order valence-electron chi connectivity index (χ1n) is 2.55. The van der Waals surface area contributed by atoms with Crippen LogP contribution in [0.15, 0.2) is 17.6 Å². The molecule has 0 spiro atoms. The fourth-order valence-electron chi connectivity index (χ4n) is 0.277. The van der Waals surface area contributed by atoms with Gasteiger partial charge in [0.25, 0.3) is 0 Å². The lowest BCUT2D eigenvalue weighted by Gasteiger charge is -2.00. The molecule has 0 heterocycles. The van der Waals surface area contributed by atoms with Crippen molar-refractivity contribution in [3.8, 4) is 0 Å². The van der Waals surface area contributed by atoms with Crippen LogP contribution in [0.2, 0.25) is 0 Å². The van der Waals surface area contributed by atoms with E-state index in [0.29, 0.717) is 0 Å². The second-order valence-electron chi connectivity index (χ2n) is 1.76. The van der Waals surface area contributed by atoms with Crippen molar-refractivity contribution in [3.05, 3.63) is 17.2 Å². The van der Waals surface area contributed by atoms with Crippen molar-refractivity contribution >= 4 is 5.97 Å². The molecule has 56 valence electrons. The van der Waals surface area contributed by atoms with Crippen LogP contribution in [0, 0.1) is 4.91 Å². The Morgan fingerprint density at radius 2 is 2.20 bits per heavy atom. The molecule has 0 saturated heterocycles. The molecule has 0 fully saturated rings. The molecule has 10 heavy (non-hydrogen) atoms. The van der Waals surface area contributed by atoms with E-state index in [2.05, 4.69) is 4.84 Å². The lowest BCUT2D eigenvalue weighted by molar-refractivity contribution is -0.138. The Morgan fingerprint density at radius 1 is 1.60 bits per heavy atom. The minimum atomic E-state index is -0.774. The van der Waals surface area contributed by atoms with Gasteiger partial charge >= 0.3 is 5.97 Å². The molecule has 0 bridgehead atoms. The average molecular weight is 144 g/mol. The van der Waals surface area contributed by atoms with E-state index in [-0.39, 0.29) is 0 Å². The van der Waals surface area contributed by atoms with Crippen LogP contribution in [0.5, 0.6) is 0 Å². The minimum absolute atomic E-state index is 0.774. The monoisotopic (exact) mass is 144 g/mol. The molecule has 0 unspecified atom stereocenters. The molecule has 5 nitrogen and oxygen atoms in total. The molecule has 0 N–H and O–H groups in total. The molecule has 0 aromatic heterocycles. The number of rotatable bonds is 3. The SMILES string of the molecule is CN(C)C=CC(=O)ON=O. The molecule has 5 heteroatoms. The first-order chi connectivity index (χ1) is 4.66. The zero-order valence-corrected chi connectivity index (χ0v) is 5.77. The molecule has 0 saturated carbocycles. The molecule has 0 radical (unpaired) electrons. The van der Waals surface area contributed by atoms with Crippen molar-refractivity contribution in [2.24, 2.45) is 5.34 Å². The summed E-state index contributed by atoms with van der Waals surface area (Å²) in [6, 6.07) is 0. The summed E-state index contributed by atoms with van der Waals surface area (Å²) in [5, 5.41) is 1.94. The number of carbonyl (C=O) groups is 1. The van der Waals surface area contributed by atoms with E-state index in [4.69, 9.17) is 0 Å². The number of hydrogen-bond acceptors (Lipinski definition) is 5. The van der Waals surface area contributed by atoms with Crippen LogP contribution in [-0.2, 0) is 9.63 Å². The van der Waals surface area contributed by atoms with Crippen molar-refractivity contribution in [2.75, 3.05) is 14.1 Å². The van der Waals surface area contributed by atoms with Crippen LogP contribution in [0.3, 0.4) is 0 Å². The zero-order valence-electron chi connectivity index (χ0n) is 5.77. The van der Waals surface area contributed by atoms with Gasteiger partial charge in [0.05, 0.1) is 0 Å². The Labute approximate surface area is 58.2 Å². The van der Waals surface area contributed by atoms with Gasteiger partial charge in [-0.25, -0.2) is 4.79 Å². The quantitative estimate of drug-likeness (QED) is 0.324. The molecule has 0 aromatic carbocycles. The van der Waals surface area contributed by atoms with E-state index in [0.717, 1.165) is 6.08 Å². The standard InChI is InChI=1S/C5H8N2O3/c1-7(2)4-3-5(8)10-6-9/h3-4H,1-2H3. The molecule has 0 amide bonds. The first-order valence-corrected chi connectivity index (χ1v) is 2.55. The molecule has 0 aliphatic carbocycles. The third-order valence-electron chi connectivity index (χ3n) is 0.636. The molecular weight excluding hydrogens is 136 g/mol. The van der Waals surface area contributed by atoms with Gasteiger partial charge in [-0.3, -0.25) is 4.84 Å². The normalized spacial score (nSPS) is 9.40. The highest BCUT2D eigenvalue weighted by Crippen LogP contribution is 1.82. The van der Waals surface area contributed by atoms with Gasteiger partial charge in [0.2, 0.25) is 0 Å². The summed E-state index contributed by atoms with van der Waals surface area (Å²) in [5.41, 5.74) is 0. The summed E-state index contributed by atoms with van der Waals surface area (Å²) in [6.45, 7) is 0. The summed E-state index contributed by atoms with van der Waals surface area (Å²) in [7, 11) is 3.47.